The fourth-order valence-corrected chi connectivity index (χ4v) is 2.31. The molecule has 5 heteroatoms. The highest BCUT2D eigenvalue weighted by atomic mass is 79.9. The van der Waals surface area contributed by atoms with Crippen molar-refractivity contribution in [3.05, 3.63) is 16.4 Å². The van der Waals surface area contributed by atoms with Gasteiger partial charge in [-0.3, -0.25) is 9.48 Å². The van der Waals surface area contributed by atoms with E-state index in [1.807, 2.05) is 0 Å². The van der Waals surface area contributed by atoms with Gasteiger partial charge in [0, 0.05) is 13.0 Å². The zero-order chi connectivity index (χ0) is 11.7. The molecule has 88 valence electrons. The number of rotatable bonds is 5. The monoisotopic (exact) mass is 286 g/mol. The molecule has 1 fully saturated rings. The number of halogens is 1. The summed E-state index contributed by atoms with van der Waals surface area (Å²) in [5, 5.41) is 4.18. The maximum absolute atomic E-state index is 12.2. The van der Waals surface area contributed by atoms with Crippen molar-refractivity contribution < 1.29 is 9.53 Å². The molecular weight excluding hydrogens is 272 g/mol. The Balaban J connectivity index is 2.17. The van der Waals surface area contributed by atoms with Crippen molar-refractivity contribution in [3.8, 4) is 0 Å². The molecule has 1 aliphatic carbocycles. The van der Waals surface area contributed by atoms with Crippen molar-refractivity contribution in [3.63, 3.8) is 0 Å². The molecule has 16 heavy (non-hydrogen) atoms. The van der Waals surface area contributed by atoms with E-state index < -0.39 is 0 Å². The van der Waals surface area contributed by atoms with Crippen molar-refractivity contribution in [2.75, 3.05) is 13.7 Å². The zero-order valence-electron chi connectivity index (χ0n) is 9.44. The number of ketones is 1. The Bertz CT molecular complexity index is 403. The molecule has 4 nitrogen and oxygen atoms in total. The van der Waals surface area contributed by atoms with Crippen molar-refractivity contribution in [2.45, 2.75) is 19.9 Å². The van der Waals surface area contributed by atoms with Crippen LogP contribution in [0.3, 0.4) is 0 Å². The van der Waals surface area contributed by atoms with E-state index in [1.54, 1.807) is 18.0 Å². The molecule has 0 saturated heterocycles. The molecule has 1 saturated carbocycles. The van der Waals surface area contributed by atoms with Gasteiger partial charge < -0.3 is 4.74 Å². The SMILES string of the molecule is COCCn1ncc(Br)c1C(=O)C1CC1C. The van der Waals surface area contributed by atoms with Crippen molar-refractivity contribution in [1.29, 1.82) is 0 Å². The molecule has 0 aromatic carbocycles. The molecule has 0 N–H and O–H groups in total. The van der Waals surface area contributed by atoms with E-state index in [4.69, 9.17) is 4.74 Å². The molecule has 0 spiro atoms. The normalized spacial score (nSPS) is 23.4. The lowest BCUT2D eigenvalue weighted by Crippen LogP contribution is -2.15. The average molecular weight is 287 g/mol. The third kappa shape index (κ3) is 2.20. The van der Waals surface area contributed by atoms with E-state index in [-0.39, 0.29) is 11.7 Å². The molecule has 1 heterocycles. The van der Waals surface area contributed by atoms with E-state index in [0.717, 1.165) is 10.9 Å². The summed E-state index contributed by atoms with van der Waals surface area (Å²) in [6.45, 7) is 3.28. The molecular formula is C11H15BrN2O2. The molecule has 1 aromatic rings. The van der Waals surface area contributed by atoms with Crippen molar-refractivity contribution >= 4 is 21.7 Å². The van der Waals surface area contributed by atoms with Crippen molar-refractivity contribution in [1.82, 2.24) is 9.78 Å². The Morgan fingerprint density at radius 3 is 3.00 bits per heavy atom. The molecule has 1 aromatic heterocycles. The Kier molecular flexibility index (Phi) is 3.44. The third-order valence-electron chi connectivity index (χ3n) is 2.98. The first-order valence-electron chi connectivity index (χ1n) is 5.39. The first kappa shape index (κ1) is 11.8. The van der Waals surface area contributed by atoms with E-state index in [1.165, 1.54) is 0 Å². The number of nitrogens with zero attached hydrogens (tertiary/aromatic N) is 2. The molecule has 2 rings (SSSR count). The largest absolute Gasteiger partial charge is 0.383 e. The van der Waals surface area contributed by atoms with Crippen LogP contribution >= 0.6 is 15.9 Å². The summed E-state index contributed by atoms with van der Waals surface area (Å²) in [5.74, 6) is 0.910. The van der Waals surface area contributed by atoms with Crippen LogP contribution in [0.4, 0.5) is 0 Å². The Morgan fingerprint density at radius 2 is 2.44 bits per heavy atom. The smallest absolute Gasteiger partial charge is 0.185 e. The second kappa shape index (κ2) is 4.67. The molecule has 1 aliphatic rings. The maximum atomic E-state index is 12.2. The number of hydrogen-bond acceptors (Lipinski definition) is 3. The summed E-state index contributed by atoms with van der Waals surface area (Å²) in [5.41, 5.74) is 0.686. The standard InChI is InChI=1S/C11H15BrN2O2/c1-7-5-8(7)11(15)10-9(12)6-13-14(10)3-4-16-2/h6-8H,3-5H2,1-2H3. The van der Waals surface area contributed by atoms with Crippen molar-refractivity contribution in [2.24, 2.45) is 11.8 Å². The highest BCUT2D eigenvalue weighted by molar-refractivity contribution is 9.10. The van der Waals surface area contributed by atoms with Gasteiger partial charge >= 0.3 is 0 Å². The van der Waals surface area contributed by atoms with Gasteiger partial charge in [-0.05, 0) is 28.3 Å². The summed E-state index contributed by atoms with van der Waals surface area (Å²) in [6, 6.07) is 0. The fourth-order valence-electron chi connectivity index (χ4n) is 1.82. The van der Waals surface area contributed by atoms with Gasteiger partial charge in [-0.25, -0.2) is 0 Å². The Hall–Kier alpha value is -0.680. The lowest BCUT2D eigenvalue weighted by Gasteiger charge is -2.06. The van der Waals surface area contributed by atoms with Crippen LogP contribution in [0.25, 0.3) is 0 Å². The van der Waals surface area contributed by atoms with E-state index in [0.29, 0.717) is 24.8 Å². The van der Waals surface area contributed by atoms with Gasteiger partial charge in [0.15, 0.2) is 5.78 Å². The van der Waals surface area contributed by atoms with Gasteiger partial charge in [-0.1, -0.05) is 6.92 Å². The summed E-state index contributed by atoms with van der Waals surface area (Å²) in [4.78, 5) is 12.2. The van der Waals surface area contributed by atoms with Crippen LogP contribution in [0.2, 0.25) is 0 Å². The zero-order valence-corrected chi connectivity index (χ0v) is 11.0. The number of carbonyl (C=O) groups is 1. The van der Waals surface area contributed by atoms with Gasteiger partial charge in [-0.15, -0.1) is 0 Å². The van der Waals surface area contributed by atoms with Crippen LogP contribution in [0.15, 0.2) is 10.7 Å². The lowest BCUT2D eigenvalue weighted by atomic mass is 10.1. The summed E-state index contributed by atoms with van der Waals surface area (Å²) in [6.07, 6.45) is 2.68. The summed E-state index contributed by atoms with van der Waals surface area (Å²) >= 11 is 3.38. The number of ether oxygens (including phenoxy) is 1. The molecule has 2 atom stereocenters. The molecule has 0 radical (unpaired) electrons. The number of Topliss-reactive ketones (excluding diaryl/α,β-unsaturated/α-hetero) is 1. The van der Waals surface area contributed by atoms with Gasteiger partial charge in [0.25, 0.3) is 0 Å². The number of carbonyl (C=O) groups excluding carboxylic acids is 1. The first-order chi connectivity index (χ1) is 7.65. The van der Waals surface area contributed by atoms with Crippen LogP contribution in [0.5, 0.6) is 0 Å². The molecule has 0 amide bonds. The number of aromatic nitrogens is 2. The van der Waals surface area contributed by atoms with Gasteiger partial charge in [0.2, 0.25) is 0 Å². The minimum Gasteiger partial charge on any atom is -0.383 e. The summed E-state index contributed by atoms with van der Waals surface area (Å²) < 4.78 is 7.51. The predicted molar refractivity (Wildman–Crippen MR) is 63.4 cm³/mol. The van der Waals surface area contributed by atoms with Crippen LogP contribution in [0, 0.1) is 11.8 Å². The average Bonchev–Trinajstić information content (AvgIpc) is 2.87. The minimum absolute atomic E-state index is 0.189. The Labute approximate surface area is 103 Å². The molecule has 2 unspecified atom stereocenters. The van der Waals surface area contributed by atoms with Gasteiger partial charge in [0.05, 0.1) is 23.8 Å². The quantitative estimate of drug-likeness (QED) is 0.779. The minimum atomic E-state index is 0.189. The van der Waals surface area contributed by atoms with Crippen LogP contribution < -0.4 is 0 Å². The number of hydrogen-bond donors (Lipinski definition) is 0. The fraction of sp³-hybridized carbons (Fsp3) is 0.636. The molecule has 0 bridgehead atoms. The maximum Gasteiger partial charge on any atom is 0.185 e. The van der Waals surface area contributed by atoms with Crippen LogP contribution in [-0.2, 0) is 11.3 Å². The van der Waals surface area contributed by atoms with Gasteiger partial charge in [0.1, 0.15) is 5.69 Å². The van der Waals surface area contributed by atoms with Gasteiger partial charge in [-0.2, -0.15) is 5.10 Å². The summed E-state index contributed by atoms with van der Waals surface area (Å²) in [7, 11) is 1.64. The van der Waals surface area contributed by atoms with Crippen LogP contribution in [0.1, 0.15) is 23.8 Å². The highest BCUT2D eigenvalue weighted by Crippen LogP contribution is 2.41. The first-order valence-corrected chi connectivity index (χ1v) is 6.19. The Morgan fingerprint density at radius 1 is 1.75 bits per heavy atom. The highest BCUT2D eigenvalue weighted by Gasteiger charge is 2.41. The third-order valence-corrected chi connectivity index (χ3v) is 3.56. The molecule has 0 aliphatic heterocycles. The second-order valence-corrected chi connectivity index (χ2v) is 5.10. The van der Waals surface area contributed by atoms with E-state index in [9.17, 15) is 4.79 Å². The van der Waals surface area contributed by atoms with E-state index in [2.05, 4.69) is 28.0 Å². The van der Waals surface area contributed by atoms with Crippen LogP contribution in [-0.4, -0.2) is 29.3 Å². The second-order valence-electron chi connectivity index (χ2n) is 4.24. The van der Waals surface area contributed by atoms with E-state index >= 15 is 0 Å². The lowest BCUT2D eigenvalue weighted by molar-refractivity contribution is 0.0947. The predicted octanol–water partition coefficient (Wildman–Crippen LogP) is 2.13. The topological polar surface area (TPSA) is 44.1 Å². The number of methoxy groups -OCH3 is 1.